The molecule has 0 unspecified atom stereocenters. The average Bonchev–Trinajstić information content (AvgIpc) is 3.00. The van der Waals surface area contributed by atoms with Crippen molar-refractivity contribution in [3.63, 3.8) is 0 Å². The Morgan fingerprint density at radius 1 is 1.29 bits per heavy atom. The first-order valence-corrected chi connectivity index (χ1v) is 9.75. The number of hydrogen-bond acceptors (Lipinski definition) is 4. The lowest BCUT2D eigenvalue weighted by Gasteiger charge is -2.36. The summed E-state index contributed by atoms with van der Waals surface area (Å²) in [7, 11) is 1.74. The van der Waals surface area contributed by atoms with Gasteiger partial charge in [-0.15, -0.1) is 0 Å². The maximum absolute atomic E-state index is 12.6. The third kappa shape index (κ3) is 4.84. The molecule has 3 rings (SSSR count). The van der Waals surface area contributed by atoms with Gasteiger partial charge in [-0.25, -0.2) is 0 Å². The molecule has 2 aromatic rings. The number of carbonyl (C=O) groups is 1. The fraction of sp³-hybridized carbons (Fsp3) is 0.450. The number of guanidine groups is 1. The van der Waals surface area contributed by atoms with Crippen LogP contribution in [-0.2, 0) is 17.8 Å². The molecule has 0 saturated carbocycles. The van der Waals surface area contributed by atoms with E-state index in [0.29, 0.717) is 31.2 Å². The van der Waals surface area contributed by atoms with Crippen LogP contribution in [0.4, 0.5) is 0 Å². The molecule has 1 aliphatic rings. The van der Waals surface area contributed by atoms with E-state index in [9.17, 15) is 4.79 Å². The second-order valence-corrected chi connectivity index (χ2v) is 7.33. The number of aromatic nitrogens is 1. The number of piperazine rings is 1. The summed E-state index contributed by atoms with van der Waals surface area (Å²) in [6, 6.07) is 7.61. The van der Waals surface area contributed by atoms with Gasteiger partial charge in [-0.2, -0.15) is 0 Å². The van der Waals surface area contributed by atoms with Crippen LogP contribution in [0, 0.1) is 13.8 Å². The van der Waals surface area contributed by atoms with Gasteiger partial charge < -0.3 is 19.6 Å². The number of nitrogens with zero attached hydrogens (tertiary/aromatic N) is 4. The van der Waals surface area contributed by atoms with Crippen molar-refractivity contribution in [2.45, 2.75) is 26.8 Å². The third-order valence-corrected chi connectivity index (χ3v) is 5.21. The maximum Gasteiger partial charge on any atom is 0.242 e. The Balaban J connectivity index is 1.51. The van der Waals surface area contributed by atoms with Gasteiger partial charge in [-0.1, -0.05) is 28.9 Å². The smallest absolute Gasteiger partial charge is 0.242 e. The Bertz CT molecular complexity index is 827. The number of rotatable bonds is 5. The van der Waals surface area contributed by atoms with Crippen molar-refractivity contribution in [3.8, 4) is 0 Å². The molecule has 8 heteroatoms. The standard InChI is InChI=1S/C20H26ClN5O2/c1-14-18(15(2)28-24-14)8-9-23-20(22-3)26-11-10-25(19(27)13-26)12-16-4-6-17(21)7-5-16/h4-7H,8-13H2,1-3H3,(H,22,23). The SMILES string of the molecule is CN=C(NCCc1c(C)noc1C)N1CCN(Cc2ccc(Cl)cc2)C(=O)C1. The van der Waals surface area contributed by atoms with Gasteiger partial charge in [-0.05, 0) is 38.0 Å². The highest BCUT2D eigenvalue weighted by Crippen LogP contribution is 2.14. The summed E-state index contributed by atoms with van der Waals surface area (Å²) >= 11 is 5.93. The van der Waals surface area contributed by atoms with Crippen LogP contribution in [-0.4, -0.2) is 60.0 Å². The van der Waals surface area contributed by atoms with Crippen molar-refractivity contribution in [2.24, 2.45) is 4.99 Å². The van der Waals surface area contributed by atoms with Crippen LogP contribution in [0.3, 0.4) is 0 Å². The number of carbonyl (C=O) groups excluding carboxylic acids is 1. The van der Waals surface area contributed by atoms with Gasteiger partial charge in [0, 0.05) is 43.8 Å². The second-order valence-electron chi connectivity index (χ2n) is 6.89. The van der Waals surface area contributed by atoms with Gasteiger partial charge in [0.05, 0.1) is 12.2 Å². The zero-order chi connectivity index (χ0) is 20.1. The largest absolute Gasteiger partial charge is 0.361 e. The molecule has 1 fully saturated rings. The molecule has 0 atom stereocenters. The van der Waals surface area contributed by atoms with E-state index in [2.05, 4.69) is 15.5 Å². The minimum absolute atomic E-state index is 0.0925. The quantitative estimate of drug-likeness (QED) is 0.613. The molecule has 0 spiro atoms. The van der Waals surface area contributed by atoms with Crippen molar-refractivity contribution in [1.29, 1.82) is 0 Å². The fourth-order valence-corrected chi connectivity index (χ4v) is 3.48. The summed E-state index contributed by atoms with van der Waals surface area (Å²) in [5.74, 6) is 1.68. The Hall–Kier alpha value is -2.54. The molecule has 150 valence electrons. The van der Waals surface area contributed by atoms with E-state index in [1.54, 1.807) is 7.05 Å². The number of hydrogen-bond donors (Lipinski definition) is 1. The molecule has 1 aliphatic heterocycles. The van der Waals surface area contributed by atoms with E-state index >= 15 is 0 Å². The molecule has 1 aromatic carbocycles. The molecule has 1 amide bonds. The second kappa shape index (κ2) is 9.10. The topological polar surface area (TPSA) is 74.0 Å². The van der Waals surface area contributed by atoms with E-state index in [1.165, 1.54) is 0 Å². The highest BCUT2D eigenvalue weighted by atomic mass is 35.5. The number of benzene rings is 1. The van der Waals surface area contributed by atoms with Gasteiger partial charge in [0.1, 0.15) is 5.76 Å². The fourth-order valence-electron chi connectivity index (χ4n) is 3.36. The predicted molar refractivity (Wildman–Crippen MR) is 109 cm³/mol. The van der Waals surface area contributed by atoms with Gasteiger partial charge in [0.15, 0.2) is 5.96 Å². The first-order valence-electron chi connectivity index (χ1n) is 9.37. The van der Waals surface area contributed by atoms with Crippen LogP contribution in [0.5, 0.6) is 0 Å². The Kier molecular flexibility index (Phi) is 6.57. The molecule has 0 radical (unpaired) electrons. The molecule has 2 heterocycles. The predicted octanol–water partition coefficient (Wildman–Crippen LogP) is 2.41. The number of amides is 1. The zero-order valence-electron chi connectivity index (χ0n) is 16.5. The monoisotopic (exact) mass is 403 g/mol. The van der Waals surface area contributed by atoms with Gasteiger partial charge >= 0.3 is 0 Å². The summed E-state index contributed by atoms with van der Waals surface area (Å²) in [5, 5.41) is 8.02. The highest BCUT2D eigenvalue weighted by molar-refractivity contribution is 6.30. The van der Waals surface area contributed by atoms with E-state index in [4.69, 9.17) is 16.1 Å². The number of aliphatic imine (C=N–C) groups is 1. The minimum Gasteiger partial charge on any atom is -0.361 e. The van der Waals surface area contributed by atoms with E-state index < -0.39 is 0 Å². The lowest BCUT2D eigenvalue weighted by molar-refractivity contribution is -0.135. The van der Waals surface area contributed by atoms with Crippen molar-refractivity contribution < 1.29 is 9.32 Å². The molecule has 28 heavy (non-hydrogen) atoms. The summed E-state index contributed by atoms with van der Waals surface area (Å²) in [6.45, 7) is 6.88. The summed E-state index contributed by atoms with van der Waals surface area (Å²) < 4.78 is 5.20. The minimum atomic E-state index is 0.0925. The average molecular weight is 404 g/mol. The molecule has 1 aromatic heterocycles. The van der Waals surface area contributed by atoms with Crippen LogP contribution in [0.1, 0.15) is 22.6 Å². The van der Waals surface area contributed by atoms with E-state index in [0.717, 1.165) is 41.5 Å². The normalized spacial score (nSPS) is 15.3. The molecular weight excluding hydrogens is 378 g/mol. The molecule has 1 N–H and O–H groups in total. The van der Waals surface area contributed by atoms with E-state index in [1.807, 2.05) is 47.9 Å². The maximum atomic E-state index is 12.6. The molecule has 7 nitrogen and oxygen atoms in total. The van der Waals surface area contributed by atoms with Crippen molar-refractivity contribution in [1.82, 2.24) is 20.3 Å². The molecule has 0 bridgehead atoms. The van der Waals surface area contributed by atoms with Gasteiger partial charge in [0.25, 0.3) is 0 Å². The van der Waals surface area contributed by atoms with E-state index in [-0.39, 0.29) is 5.91 Å². The lowest BCUT2D eigenvalue weighted by Crippen LogP contribution is -2.55. The summed E-state index contributed by atoms with van der Waals surface area (Å²) in [4.78, 5) is 20.8. The third-order valence-electron chi connectivity index (χ3n) is 4.96. The van der Waals surface area contributed by atoms with Crippen LogP contribution in [0.2, 0.25) is 5.02 Å². The van der Waals surface area contributed by atoms with Crippen molar-refractivity contribution in [2.75, 3.05) is 33.2 Å². The Morgan fingerprint density at radius 2 is 2.04 bits per heavy atom. The molecular formula is C20H26ClN5O2. The van der Waals surface area contributed by atoms with Crippen molar-refractivity contribution in [3.05, 3.63) is 51.9 Å². The van der Waals surface area contributed by atoms with Crippen LogP contribution in [0.15, 0.2) is 33.8 Å². The first-order chi connectivity index (χ1) is 13.5. The number of halogens is 1. The lowest BCUT2D eigenvalue weighted by atomic mass is 10.1. The van der Waals surface area contributed by atoms with Gasteiger partial charge in [0.2, 0.25) is 5.91 Å². The summed E-state index contributed by atoms with van der Waals surface area (Å²) in [6.07, 6.45) is 0.796. The highest BCUT2D eigenvalue weighted by Gasteiger charge is 2.26. The first kappa shape index (κ1) is 20.2. The Labute approximate surface area is 170 Å². The number of nitrogens with one attached hydrogen (secondary N) is 1. The zero-order valence-corrected chi connectivity index (χ0v) is 17.3. The molecule has 0 aliphatic carbocycles. The van der Waals surface area contributed by atoms with Gasteiger partial charge in [-0.3, -0.25) is 9.79 Å². The van der Waals surface area contributed by atoms with Crippen LogP contribution >= 0.6 is 11.6 Å². The van der Waals surface area contributed by atoms with Crippen LogP contribution < -0.4 is 5.32 Å². The molecule has 1 saturated heterocycles. The van der Waals surface area contributed by atoms with Crippen LogP contribution in [0.25, 0.3) is 0 Å². The Morgan fingerprint density at radius 3 is 2.64 bits per heavy atom. The number of aryl methyl sites for hydroxylation is 2. The van der Waals surface area contributed by atoms with Crippen molar-refractivity contribution >= 4 is 23.5 Å². The summed E-state index contributed by atoms with van der Waals surface area (Å²) in [5.41, 5.74) is 3.11.